The van der Waals surface area contributed by atoms with Gasteiger partial charge in [0.25, 0.3) is 0 Å². The van der Waals surface area contributed by atoms with E-state index in [0.29, 0.717) is 0 Å². The quantitative estimate of drug-likeness (QED) is 0.156. The van der Waals surface area contributed by atoms with Crippen molar-refractivity contribution in [2.24, 2.45) is 0 Å². The molecule has 0 heterocycles. The van der Waals surface area contributed by atoms with Crippen LogP contribution in [-0.4, -0.2) is 0 Å². The van der Waals surface area contributed by atoms with E-state index >= 15 is 0 Å². The van der Waals surface area contributed by atoms with Crippen LogP contribution in [0.25, 0.3) is 0 Å². The van der Waals surface area contributed by atoms with Crippen molar-refractivity contribution < 1.29 is 0 Å². The average molecular weight is 589 g/mol. The first-order valence-electron chi connectivity index (χ1n) is 13.7. The summed E-state index contributed by atoms with van der Waals surface area (Å²) in [7, 11) is -0.654. The maximum atomic E-state index is 2.25. The molecule has 0 N–H and O–H groups in total. The largest absolute Gasteiger partial charge is 0.147 e. The third-order valence-corrected chi connectivity index (χ3v) is 11.7. The summed E-state index contributed by atoms with van der Waals surface area (Å²) in [5.74, 6) is 0. The van der Waals surface area contributed by atoms with E-state index in [4.69, 9.17) is 0 Å². The summed E-state index contributed by atoms with van der Waals surface area (Å²) < 4.78 is 0. The van der Waals surface area contributed by atoms with Gasteiger partial charge in [0.2, 0.25) is 0 Å². The minimum atomic E-state index is -0.327. The van der Waals surface area contributed by atoms with Crippen LogP contribution in [0.5, 0.6) is 0 Å². The Hall–Kier alpha value is -3.53. The number of rotatable bonds is 8. The van der Waals surface area contributed by atoms with E-state index in [1.807, 2.05) is 0 Å². The monoisotopic (exact) mass is 588 g/mol. The van der Waals surface area contributed by atoms with Crippen LogP contribution in [0.4, 0.5) is 0 Å². The van der Waals surface area contributed by atoms with Gasteiger partial charge in [0.05, 0.1) is 0 Å². The first-order valence-corrected chi connectivity index (χ1v) is 16.8. The van der Waals surface area contributed by atoms with Crippen LogP contribution in [0.1, 0.15) is 11.1 Å². The second kappa shape index (κ2) is 16.7. The molecule has 0 amide bonds. The number of hydrogen-bond donors (Lipinski definition) is 0. The summed E-state index contributed by atoms with van der Waals surface area (Å²) in [6.07, 6.45) is 2.20. The molecule has 0 atom stereocenters. The average Bonchev–Trinajstić information content (AvgIpc) is 3.05. The molecule has 0 aliphatic rings. The maximum absolute atomic E-state index is 2.25. The highest BCUT2D eigenvalue weighted by Crippen LogP contribution is 2.38. The molecule has 0 aliphatic carbocycles. The molecule has 6 aromatic rings. The topological polar surface area (TPSA) is 0 Å². The molecule has 0 saturated heterocycles. The minimum absolute atomic E-state index is 0. The van der Waals surface area contributed by atoms with Crippen LogP contribution < -0.4 is 21.2 Å². The lowest BCUT2D eigenvalue weighted by atomic mass is 10.2. The van der Waals surface area contributed by atoms with E-state index in [2.05, 4.69) is 182 Å². The van der Waals surface area contributed by atoms with Gasteiger partial charge in [-0.2, -0.15) is 0 Å². The fourth-order valence-electron chi connectivity index (χ4n) is 4.63. The van der Waals surface area contributed by atoms with Crippen molar-refractivity contribution in [2.45, 2.75) is 12.3 Å². The second-order valence-corrected chi connectivity index (χ2v) is 13.9. The zero-order chi connectivity index (χ0) is 27.2. The van der Waals surface area contributed by atoms with Crippen molar-refractivity contribution in [1.82, 2.24) is 0 Å². The molecule has 3 heteroatoms. The second-order valence-electron chi connectivity index (χ2n) is 9.49. The smallest absolute Gasteiger partial charge is 0.000743 e. The van der Waals surface area contributed by atoms with Crippen molar-refractivity contribution in [3.63, 3.8) is 0 Å². The Morgan fingerprint density at radius 1 is 0.268 bits per heavy atom. The molecule has 0 aromatic heterocycles. The summed E-state index contributed by atoms with van der Waals surface area (Å²) >= 11 is 0. The number of benzene rings is 6. The van der Waals surface area contributed by atoms with E-state index in [9.17, 15) is 0 Å². The van der Waals surface area contributed by atoms with Crippen LogP contribution in [0.15, 0.2) is 182 Å². The summed E-state index contributed by atoms with van der Waals surface area (Å²) in [6, 6.07) is 65.0. The number of hydrogen-bond acceptors (Lipinski definition) is 0. The molecule has 0 unspecified atom stereocenters. The molecule has 204 valence electrons. The Balaban J connectivity index is 0.000000184. The third-order valence-electron chi connectivity index (χ3n) is 6.64. The minimum Gasteiger partial charge on any atom is -0.147 e. The van der Waals surface area contributed by atoms with Crippen LogP contribution >= 0.6 is 28.3 Å². The number of halogens is 1. The van der Waals surface area contributed by atoms with E-state index in [0.717, 1.165) is 12.3 Å². The van der Waals surface area contributed by atoms with Crippen molar-refractivity contribution >= 4 is 49.5 Å². The summed E-state index contributed by atoms with van der Waals surface area (Å²) in [4.78, 5) is 0. The molecule has 0 bridgehead atoms. The predicted octanol–water partition coefficient (Wildman–Crippen LogP) is 9.06. The van der Waals surface area contributed by atoms with Crippen LogP contribution in [0.3, 0.4) is 0 Å². The Bertz CT molecular complexity index is 1310. The first kappa shape index (κ1) is 30.4. The molecule has 41 heavy (non-hydrogen) atoms. The van der Waals surface area contributed by atoms with Crippen LogP contribution in [0.2, 0.25) is 0 Å². The molecular weight excluding hydrogens is 554 g/mol. The van der Waals surface area contributed by atoms with E-state index in [1.165, 1.54) is 32.3 Å². The third kappa shape index (κ3) is 9.24. The fraction of sp³-hybridized carbons (Fsp3) is 0.0526. The summed E-state index contributed by atoms with van der Waals surface area (Å²) in [5.41, 5.74) is 2.82. The lowest BCUT2D eigenvalue weighted by Gasteiger charge is -2.18. The molecule has 0 radical (unpaired) electrons. The highest BCUT2D eigenvalue weighted by Gasteiger charge is 2.14. The maximum Gasteiger partial charge on any atom is 0.000743 e. The predicted molar refractivity (Wildman–Crippen MR) is 186 cm³/mol. The van der Waals surface area contributed by atoms with Crippen LogP contribution in [0, 0.1) is 0 Å². The van der Waals surface area contributed by atoms with Gasteiger partial charge >= 0.3 is 0 Å². The summed E-state index contributed by atoms with van der Waals surface area (Å²) in [6.45, 7) is 0. The van der Waals surface area contributed by atoms with Gasteiger partial charge in [0, 0.05) is 12.3 Å². The molecule has 6 aromatic carbocycles. The zero-order valence-corrected chi connectivity index (χ0v) is 25.6. The van der Waals surface area contributed by atoms with E-state index in [-0.39, 0.29) is 28.3 Å². The Morgan fingerprint density at radius 3 is 0.683 bits per heavy atom. The van der Waals surface area contributed by atoms with Crippen molar-refractivity contribution in [3.8, 4) is 0 Å². The van der Waals surface area contributed by atoms with Gasteiger partial charge in [0.1, 0.15) is 0 Å². The Kier molecular flexibility index (Phi) is 12.4. The highest BCUT2D eigenvalue weighted by molar-refractivity contribution is 7.72. The van der Waals surface area contributed by atoms with Crippen LogP contribution in [-0.2, 0) is 12.3 Å². The van der Waals surface area contributed by atoms with Gasteiger partial charge in [0.15, 0.2) is 0 Å². The zero-order valence-electron chi connectivity index (χ0n) is 23.0. The molecule has 0 aliphatic heterocycles. The molecular formula is C38H35ClP2. The van der Waals surface area contributed by atoms with E-state index in [1.54, 1.807) is 0 Å². The van der Waals surface area contributed by atoms with Gasteiger partial charge in [-0.3, -0.25) is 0 Å². The van der Waals surface area contributed by atoms with Gasteiger partial charge in [-0.05, 0) is 48.2 Å². The highest BCUT2D eigenvalue weighted by atomic mass is 35.5. The first-order chi connectivity index (χ1) is 19.9. The lowest BCUT2D eigenvalue weighted by molar-refractivity contribution is 1.40. The Morgan fingerprint density at radius 2 is 0.463 bits per heavy atom. The summed E-state index contributed by atoms with van der Waals surface area (Å²) in [5, 5.41) is 5.77. The molecule has 0 nitrogen and oxygen atoms in total. The molecule has 0 saturated carbocycles. The van der Waals surface area contributed by atoms with Gasteiger partial charge in [-0.15, -0.1) is 12.4 Å². The molecule has 0 fully saturated rings. The lowest BCUT2D eigenvalue weighted by Crippen LogP contribution is -2.12. The Labute approximate surface area is 254 Å². The van der Waals surface area contributed by atoms with Gasteiger partial charge in [-0.1, -0.05) is 182 Å². The normalized spacial score (nSPS) is 10.4. The molecule has 6 rings (SSSR count). The fourth-order valence-corrected chi connectivity index (χ4v) is 9.23. The van der Waals surface area contributed by atoms with Crippen molar-refractivity contribution in [1.29, 1.82) is 0 Å². The van der Waals surface area contributed by atoms with Crippen molar-refractivity contribution in [3.05, 3.63) is 193 Å². The molecule has 0 spiro atoms. The van der Waals surface area contributed by atoms with Crippen molar-refractivity contribution in [2.75, 3.05) is 0 Å². The standard InChI is InChI=1S/2C19H17P.ClH/c2*1-4-10-17(11-5-1)16-20(18-12-6-2-7-13-18)19-14-8-3-9-15-19;/h2*1-15H,16H2;1H. The van der Waals surface area contributed by atoms with Gasteiger partial charge < -0.3 is 0 Å². The van der Waals surface area contributed by atoms with E-state index < -0.39 is 0 Å². The van der Waals surface area contributed by atoms with Gasteiger partial charge in [-0.25, -0.2) is 0 Å². The SMILES string of the molecule is Cl.c1ccc(CP(c2ccccc2)c2ccccc2)cc1.c1ccc(CP(c2ccccc2)c2ccccc2)cc1.